The van der Waals surface area contributed by atoms with E-state index < -0.39 is 5.97 Å². The quantitative estimate of drug-likeness (QED) is 0.0950. The van der Waals surface area contributed by atoms with Gasteiger partial charge in [-0.1, -0.05) is 36.4 Å². The summed E-state index contributed by atoms with van der Waals surface area (Å²) in [4.78, 5) is 79.3. The molecule has 4 aromatic carbocycles. The van der Waals surface area contributed by atoms with E-state index in [-0.39, 0.29) is 55.0 Å². The van der Waals surface area contributed by atoms with Gasteiger partial charge in [0, 0.05) is 12.2 Å². The highest BCUT2D eigenvalue weighted by Gasteiger charge is 2.44. The Kier molecular flexibility index (Phi) is 12.1. The van der Waals surface area contributed by atoms with Gasteiger partial charge in [0.15, 0.2) is 0 Å². The van der Waals surface area contributed by atoms with Gasteiger partial charge >= 0.3 is 24.0 Å². The number of nitrogens with zero attached hydrogens (tertiary/aromatic N) is 4. The molecule has 0 saturated carbocycles. The number of esters is 1. The Bertz CT molecular complexity index is 2390. The molecule has 308 valence electrons. The summed E-state index contributed by atoms with van der Waals surface area (Å²) >= 11 is 0. The van der Waals surface area contributed by atoms with Crippen LogP contribution in [0.4, 0.5) is 21.0 Å². The van der Waals surface area contributed by atoms with Crippen LogP contribution < -0.4 is 19.3 Å². The van der Waals surface area contributed by atoms with Gasteiger partial charge in [0.05, 0.1) is 44.3 Å². The van der Waals surface area contributed by atoms with Crippen LogP contribution in [-0.2, 0) is 36.8 Å². The molecule has 0 bridgehead atoms. The lowest BCUT2D eigenvalue weighted by Crippen LogP contribution is -2.34. The average molecular weight is 813 g/mol. The molecule has 4 aromatic rings. The SMILES string of the molecule is CCOC(=O)/C=C/c1ccc2c(c1)CCC2N1CC(=O)N(c2ccc(OC)cc2)C1=O.COc1ccc(N2C(=O)CN(C3CCc4cc(/C=C/C(=O)O)ccc43)C2=O)cc1. The summed E-state index contributed by atoms with van der Waals surface area (Å²) in [6, 6.07) is 24.4. The lowest BCUT2D eigenvalue weighted by Gasteiger charge is -2.24. The second kappa shape index (κ2) is 17.7. The van der Waals surface area contributed by atoms with Crippen LogP contribution in [0.5, 0.6) is 11.5 Å². The number of imide groups is 2. The smallest absolute Gasteiger partial charge is 0.332 e. The number of hydrogen-bond acceptors (Lipinski definition) is 9. The summed E-state index contributed by atoms with van der Waals surface area (Å²) in [7, 11) is 3.13. The van der Waals surface area contributed by atoms with Crippen molar-refractivity contribution in [3.63, 3.8) is 0 Å². The van der Waals surface area contributed by atoms with Gasteiger partial charge in [0.25, 0.3) is 11.8 Å². The zero-order chi connectivity index (χ0) is 42.5. The molecule has 8 rings (SSSR count). The first-order chi connectivity index (χ1) is 29.0. The molecule has 60 heavy (non-hydrogen) atoms. The van der Waals surface area contributed by atoms with Gasteiger partial charge in [-0.3, -0.25) is 9.59 Å². The number of fused-ring (bicyclic) bond motifs is 2. The molecule has 2 atom stereocenters. The first kappa shape index (κ1) is 41.0. The van der Waals surface area contributed by atoms with Crippen LogP contribution in [0.2, 0.25) is 0 Å². The van der Waals surface area contributed by atoms with E-state index in [9.17, 15) is 28.8 Å². The van der Waals surface area contributed by atoms with Crippen LogP contribution in [-0.4, -0.2) is 84.6 Å². The highest BCUT2D eigenvalue weighted by atomic mass is 16.5. The molecule has 2 aliphatic heterocycles. The number of carbonyl (C=O) groups is 6. The Hall–Kier alpha value is -7.22. The number of carboxylic acid groups (broad SMARTS) is 1. The Morgan fingerprint density at radius 1 is 0.650 bits per heavy atom. The monoisotopic (exact) mass is 812 g/mol. The molecule has 2 fully saturated rings. The standard InChI is InChI=1S/C24H24N2O5.C22H20N2O5/c1-3-31-23(28)13-5-16-4-11-20-17(14-16)6-12-21(20)25-15-22(27)26(24(25)29)18-7-9-19(30-2)10-8-18;1-29-17-7-5-16(6-8-17)24-20(25)13-23(22(24)28)19-10-4-15-12-14(2-9-18(15)19)3-11-21(26)27/h4-5,7-11,13-14,21H,3,6,12,15H2,1-2H3;2-3,5-9,11-12,19H,4,10,13H2,1H3,(H,26,27)/b13-5+;11-3+. The zero-order valence-electron chi connectivity index (χ0n) is 33.4. The fourth-order valence-electron chi connectivity index (χ4n) is 8.10. The molecule has 2 aliphatic carbocycles. The normalized spacial score (nSPS) is 18.3. The minimum Gasteiger partial charge on any atom is -0.497 e. The Morgan fingerprint density at radius 2 is 1.08 bits per heavy atom. The highest BCUT2D eigenvalue weighted by Crippen LogP contribution is 2.41. The summed E-state index contributed by atoms with van der Waals surface area (Å²) in [6.07, 6.45) is 8.85. The van der Waals surface area contributed by atoms with Crippen LogP contribution in [0.15, 0.2) is 97.1 Å². The minimum absolute atomic E-state index is 0.0373. The van der Waals surface area contributed by atoms with Crippen molar-refractivity contribution in [1.29, 1.82) is 0 Å². The topological polar surface area (TPSA) is 163 Å². The number of ether oxygens (including phenoxy) is 3. The number of aryl methyl sites for hydroxylation is 2. The Balaban J connectivity index is 0.000000182. The summed E-state index contributed by atoms with van der Waals surface area (Å²) in [5, 5.41) is 8.78. The molecule has 2 heterocycles. The van der Waals surface area contributed by atoms with Crippen LogP contribution in [0.1, 0.15) is 65.2 Å². The summed E-state index contributed by atoms with van der Waals surface area (Å²) < 4.78 is 15.2. The van der Waals surface area contributed by atoms with Gasteiger partial charge < -0.3 is 29.1 Å². The number of anilines is 2. The van der Waals surface area contributed by atoms with Crippen molar-refractivity contribution < 1.29 is 48.1 Å². The van der Waals surface area contributed by atoms with Crippen molar-refractivity contribution in [2.45, 2.75) is 44.7 Å². The van der Waals surface area contributed by atoms with Crippen molar-refractivity contribution in [2.24, 2.45) is 0 Å². The number of methoxy groups -OCH3 is 2. The molecule has 14 heteroatoms. The van der Waals surface area contributed by atoms with E-state index in [1.807, 2.05) is 36.4 Å². The van der Waals surface area contributed by atoms with E-state index in [1.165, 1.54) is 15.9 Å². The number of carbonyl (C=O) groups excluding carboxylic acids is 5. The van der Waals surface area contributed by atoms with E-state index in [4.69, 9.17) is 19.3 Å². The van der Waals surface area contributed by atoms with Crippen LogP contribution in [0, 0.1) is 0 Å². The third-order valence-corrected chi connectivity index (χ3v) is 10.9. The molecule has 2 saturated heterocycles. The van der Waals surface area contributed by atoms with Gasteiger partial charge in [0.1, 0.15) is 24.6 Å². The van der Waals surface area contributed by atoms with Gasteiger partial charge in [-0.25, -0.2) is 29.0 Å². The second-order valence-electron chi connectivity index (χ2n) is 14.5. The van der Waals surface area contributed by atoms with E-state index in [0.717, 1.165) is 65.1 Å². The lowest BCUT2D eigenvalue weighted by molar-refractivity contribution is -0.137. The lowest BCUT2D eigenvalue weighted by atomic mass is 10.0. The molecule has 2 unspecified atom stereocenters. The number of hydrogen-bond donors (Lipinski definition) is 1. The number of carboxylic acids is 1. The summed E-state index contributed by atoms with van der Waals surface area (Å²) in [5.41, 5.74) is 7.02. The molecule has 0 radical (unpaired) electrons. The average Bonchev–Trinajstić information content (AvgIpc) is 4.01. The van der Waals surface area contributed by atoms with Crippen molar-refractivity contribution in [3.8, 4) is 11.5 Å². The Morgan fingerprint density at radius 3 is 1.48 bits per heavy atom. The van der Waals surface area contributed by atoms with E-state index >= 15 is 0 Å². The number of urea groups is 2. The molecule has 6 amide bonds. The van der Waals surface area contributed by atoms with Crippen LogP contribution >= 0.6 is 0 Å². The predicted octanol–water partition coefficient (Wildman–Crippen LogP) is 6.98. The third-order valence-electron chi connectivity index (χ3n) is 10.9. The van der Waals surface area contributed by atoms with Gasteiger partial charge in [0.2, 0.25) is 0 Å². The number of benzene rings is 4. The van der Waals surface area contributed by atoms with Crippen molar-refractivity contribution in [3.05, 3.63) is 130 Å². The van der Waals surface area contributed by atoms with Crippen LogP contribution in [0.3, 0.4) is 0 Å². The van der Waals surface area contributed by atoms with Crippen molar-refractivity contribution in [1.82, 2.24) is 9.80 Å². The Labute approximate surface area is 346 Å². The molecule has 1 N–H and O–H groups in total. The molecule has 14 nitrogen and oxygen atoms in total. The first-order valence-corrected chi connectivity index (χ1v) is 19.6. The fraction of sp³-hybridized carbons (Fsp3) is 0.261. The van der Waals surface area contributed by atoms with Gasteiger partial charge in [-0.2, -0.15) is 0 Å². The second-order valence-corrected chi connectivity index (χ2v) is 14.5. The molecule has 0 aromatic heterocycles. The van der Waals surface area contributed by atoms with Gasteiger partial charge in [-0.05, 0) is 127 Å². The van der Waals surface area contributed by atoms with E-state index in [1.54, 1.807) is 91.6 Å². The minimum atomic E-state index is -0.997. The highest BCUT2D eigenvalue weighted by molar-refractivity contribution is 6.20. The first-order valence-electron chi connectivity index (χ1n) is 19.6. The van der Waals surface area contributed by atoms with Crippen molar-refractivity contribution >= 4 is 59.3 Å². The zero-order valence-corrected chi connectivity index (χ0v) is 33.4. The van der Waals surface area contributed by atoms with Crippen LogP contribution in [0.25, 0.3) is 12.2 Å². The molecule has 4 aliphatic rings. The maximum absolute atomic E-state index is 13.1. The number of aliphatic carboxylic acids is 1. The number of amides is 6. The van der Waals surface area contributed by atoms with Crippen molar-refractivity contribution in [2.75, 3.05) is 43.7 Å². The van der Waals surface area contributed by atoms with E-state index in [2.05, 4.69) is 0 Å². The van der Waals surface area contributed by atoms with Gasteiger partial charge in [-0.15, -0.1) is 0 Å². The maximum atomic E-state index is 13.1. The summed E-state index contributed by atoms with van der Waals surface area (Å²) in [6.45, 7) is 2.20. The molecule has 0 spiro atoms. The predicted molar refractivity (Wildman–Crippen MR) is 223 cm³/mol. The molecular formula is C46H44N4O10. The molecular weight excluding hydrogens is 769 g/mol. The van der Waals surface area contributed by atoms with E-state index in [0.29, 0.717) is 29.5 Å². The number of rotatable bonds is 11. The maximum Gasteiger partial charge on any atom is 0.332 e. The summed E-state index contributed by atoms with van der Waals surface area (Å²) in [5.74, 6) is -0.546. The largest absolute Gasteiger partial charge is 0.497 e. The third kappa shape index (κ3) is 8.48. The fourth-order valence-corrected chi connectivity index (χ4v) is 8.10.